The Morgan fingerprint density at radius 1 is 1.22 bits per heavy atom. The van der Waals surface area contributed by atoms with Gasteiger partial charge in [0.1, 0.15) is 6.61 Å². The summed E-state index contributed by atoms with van der Waals surface area (Å²) >= 11 is 0. The summed E-state index contributed by atoms with van der Waals surface area (Å²) in [7, 11) is 0. The first kappa shape index (κ1) is 20.4. The van der Waals surface area contributed by atoms with Gasteiger partial charge >= 0.3 is 5.56 Å². The molecule has 0 radical (unpaired) electrons. The van der Waals surface area contributed by atoms with E-state index in [4.69, 9.17) is 4.84 Å². The van der Waals surface area contributed by atoms with E-state index < -0.39 is 0 Å². The summed E-state index contributed by atoms with van der Waals surface area (Å²) in [5.41, 5.74) is 2.83. The van der Waals surface area contributed by atoms with Gasteiger partial charge in [-0.25, -0.2) is 9.36 Å². The van der Waals surface area contributed by atoms with Crippen LogP contribution in [-0.2, 0) is 17.8 Å². The third-order valence-corrected chi connectivity index (χ3v) is 4.01. The number of oxime groups is 1. The van der Waals surface area contributed by atoms with E-state index in [1.54, 1.807) is 29.1 Å². The monoisotopic (exact) mass is 369 g/mol. The molecule has 0 saturated carbocycles. The average Bonchev–Trinajstić information content (AvgIpc) is 2.62. The normalized spacial score (nSPS) is 11.0. The molecule has 6 heteroatoms. The molecule has 27 heavy (non-hydrogen) atoms. The first-order valence-electron chi connectivity index (χ1n) is 9.05. The SMILES string of the molecule is CC(C)=CCON=CCC[n+]1c([O-])c(CC=C(C)C)c(=O)n2ccccc21. The molecule has 144 valence electrons. The molecule has 0 aliphatic carbocycles. The van der Waals surface area contributed by atoms with Crippen LogP contribution >= 0.6 is 0 Å². The van der Waals surface area contributed by atoms with E-state index in [1.165, 1.54) is 9.97 Å². The van der Waals surface area contributed by atoms with Gasteiger partial charge < -0.3 is 9.94 Å². The number of hydrogen-bond donors (Lipinski definition) is 0. The lowest BCUT2D eigenvalue weighted by Crippen LogP contribution is -2.45. The Kier molecular flexibility index (Phi) is 7.34. The van der Waals surface area contributed by atoms with E-state index in [9.17, 15) is 9.90 Å². The highest BCUT2D eigenvalue weighted by Gasteiger charge is 2.17. The number of hydrogen-bond acceptors (Lipinski definition) is 4. The molecule has 0 unspecified atom stereocenters. The van der Waals surface area contributed by atoms with E-state index >= 15 is 0 Å². The maximum absolute atomic E-state index is 12.9. The van der Waals surface area contributed by atoms with Crippen molar-refractivity contribution in [3.8, 4) is 5.88 Å². The van der Waals surface area contributed by atoms with Gasteiger partial charge in [-0.2, -0.15) is 4.40 Å². The molecule has 0 saturated heterocycles. The molecule has 0 N–H and O–H groups in total. The predicted octanol–water partition coefficient (Wildman–Crippen LogP) is 2.53. The highest BCUT2D eigenvalue weighted by Crippen LogP contribution is 2.09. The number of fused-ring (bicyclic) bond motifs is 1. The van der Waals surface area contributed by atoms with Gasteiger partial charge in [0.15, 0.2) is 0 Å². The van der Waals surface area contributed by atoms with Gasteiger partial charge in [0, 0.05) is 25.1 Å². The first-order chi connectivity index (χ1) is 12.9. The lowest BCUT2D eigenvalue weighted by molar-refractivity contribution is -0.715. The molecule has 0 atom stereocenters. The molecule has 2 aromatic heterocycles. The van der Waals surface area contributed by atoms with Crippen molar-refractivity contribution < 1.29 is 14.5 Å². The minimum atomic E-state index is -0.261. The highest BCUT2D eigenvalue weighted by atomic mass is 16.6. The fourth-order valence-corrected chi connectivity index (χ4v) is 2.57. The maximum atomic E-state index is 12.9. The summed E-state index contributed by atoms with van der Waals surface area (Å²) in [6, 6.07) is 5.37. The number of aromatic nitrogens is 2. The van der Waals surface area contributed by atoms with Crippen LogP contribution in [-0.4, -0.2) is 17.2 Å². The maximum Gasteiger partial charge on any atom is 0.345 e. The molecule has 0 aliphatic heterocycles. The highest BCUT2D eigenvalue weighted by molar-refractivity contribution is 5.55. The summed E-state index contributed by atoms with van der Waals surface area (Å²) in [5.74, 6) is -0.248. The Hall–Kier alpha value is -2.89. The Labute approximate surface area is 159 Å². The summed E-state index contributed by atoms with van der Waals surface area (Å²) < 4.78 is 3.15. The molecule has 0 fully saturated rings. The minimum absolute atomic E-state index is 0.248. The number of rotatable bonds is 8. The van der Waals surface area contributed by atoms with Crippen LogP contribution in [0.5, 0.6) is 5.88 Å². The molecular weight excluding hydrogens is 342 g/mol. The second kappa shape index (κ2) is 9.71. The lowest BCUT2D eigenvalue weighted by Gasteiger charge is -2.15. The summed E-state index contributed by atoms with van der Waals surface area (Å²) in [6.45, 7) is 8.73. The van der Waals surface area contributed by atoms with Crippen LogP contribution in [0.3, 0.4) is 0 Å². The zero-order valence-corrected chi connectivity index (χ0v) is 16.4. The van der Waals surface area contributed by atoms with E-state index in [0.717, 1.165) is 5.57 Å². The second-order valence-electron chi connectivity index (χ2n) is 6.81. The fraction of sp³-hybridized carbons (Fsp3) is 0.381. The zero-order chi connectivity index (χ0) is 19.8. The van der Waals surface area contributed by atoms with Crippen molar-refractivity contribution in [3.63, 3.8) is 0 Å². The molecule has 0 bridgehead atoms. The topological polar surface area (TPSA) is 70.0 Å². The van der Waals surface area contributed by atoms with Crippen LogP contribution in [0.4, 0.5) is 0 Å². The first-order valence-corrected chi connectivity index (χ1v) is 9.05. The molecule has 0 amide bonds. The average molecular weight is 369 g/mol. The molecule has 2 aromatic rings. The van der Waals surface area contributed by atoms with Crippen LogP contribution < -0.4 is 15.2 Å². The van der Waals surface area contributed by atoms with E-state index in [2.05, 4.69) is 5.16 Å². The van der Waals surface area contributed by atoms with Gasteiger partial charge in [-0.3, -0.25) is 0 Å². The van der Waals surface area contributed by atoms with Crippen molar-refractivity contribution in [1.82, 2.24) is 4.40 Å². The van der Waals surface area contributed by atoms with Gasteiger partial charge in [-0.15, -0.1) is 0 Å². The lowest BCUT2D eigenvalue weighted by atomic mass is 10.1. The van der Waals surface area contributed by atoms with Crippen molar-refractivity contribution >= 4 is 11.9 Å². The Balaban J connectivity index is 2.27. The zero-order valence-electron chi connectivity index (χ0n) is 16.4. The number of pyridine rings is 1. The summed E-state index contributed by atoms with van der Waals surface area (Å²) in [6.07, 6.45) is 8.03. The smallest absolute Gasteiger partial charge is 0.345 e. The van der Waals surface area contributed by atoms with Gasteiger partial charge in [0.2, 0.25) is 0 Å². The van der Waals surface area contributed by atoms with Crippen LogP contribution in [0, 0.1) is 0 Å². The van der Waals surface area contributed by atoms with Gasteiger partial charge in [0.05, 0.1) is 24.2 Å². The minimum Gasteiger partial charge on any atom is -0.842 e. The number of aryl methyl sites for hydroxylation is 1. The largest absolute Gasteiger partial charge is 0.842 e. The van der Waals surface area contributed by atoms with Crippen LogP contribution in [0.25, 0.3) is 5.65 Å². The number of allylic oxidation sites excluding steroid dienone is 3. The molecule has 2 heterocycles. The third kappa shape index (κ3) is 5.54. The molecular formula is C21H27N3O3. The van der Waals surface area contributed by atoms with Crippen LogP contribution in [0.15, 0.2) is 57.6 Å². The Morgan fingerprint density at radius 2 is 1.96 bits per heavy atom. The summed E-state index contributed by atoms with van der Waals surface area (Å²) in [4.78, 5) is 17.8. The van der Waals surface area contributed by atoms with Crippen molar-refractivity contribution in [3.05, 3.63) is 63.6 Å². The Bertz CT molecular complexity index is 932. The van der Waals surface area contributed by atoms with Crippen molar-refractivity contribution in [2.24, 2.45) is 5.16 Å². The van der Waals surface area contributed by atoms with Crippen molar-refractivity contribution in [2.45, 2.75) is 47.1 Å². The molecule has 0 aliphatic rings. The van der Waals surface area contributed by atoms with Gasteiger partial charge in [-0.05, 0) is 39.8 Å². The fourth-order valence-electron chi connectivity index (χ4n) is 2.57. The van der Waals surface area contributed by atoms with E-state index in [-0.39, 0.29) is 17.0 Å². The van der Waals surface area contributed by atoms with Crippen LogP contribution in [0.1, 0.15) is 39.7 Å². The molecule has 2 rings (SSSR count). The van der Waals surface area contributed by atoms with Gasteiger partial charge in [-0.1, -0.05) is 28.4 Å². The quantitative estimate of drug-likeness (QED) is 0.236. The van der Waals surface area contributed by atoms with Crippen molar-refractivity contribution in [2.75, 3.05) is 6.61 Å². The predicted molar refractivity (Wildman–Crippen MR) is 105 cm³/mol. The molecule has 0 aromatic carbocycles. The standard InChI is InChI=1S/C21H27N3O3/c1-16(2)9-10-18-20(25)23-13-6-5-8-19(23)24(21(18)26)14-7-12-22-27-15-11-17(3)4/h5-6,8-9,11-13H,7,10,14-15H2,1-4H3. The van der Waals surface area contributed by atoms with Crippen molar-refractivity contribution in [1.29, 1.82) is 0 Å². The third-order valence-electron chi connectivity index (χ3n) is 4.01. The van der Waals surface area contributed by atoms with Crippen LogP contribution in [0.2, 0.25) is 0 Å². The Morgan fingerprint density at radius 3 is 2.67 bits per heavy atom. The van der Waals surface area contributed by atoms with E-state index in [1.807, 2.05) is 45.9 Å². The molecule has 6 nitrogen and oxygen atoms in total. The van der Waals surface area contributed by atoms with E-state index in [0.29, 0.717) is 31.6 Å². The second-order valence-corrected chi connectivity index (χ2v) is 6.81. The summed E-state index contributed by atoms with van der Waals surface area (Å²) in [5, 5.41) is 16.8. The van der Waals surface area contributed by atoms with Gasteiger partial charge in [0.25, 0.3) is 5.65 Å². The molecule has 0 spiro atoms. The number of nitrogens with zero attached hydrogens (tertiary/aromatic N) is 3.